The molecule has 0 amide bonds. The second-order valence-corrected chi connectivity index (χ2v) is 2.38. The topological polar surface area (TPSA) is 33.1 Å². The van der Waals surface area contributed by atoms with Gasteiger partial charge in [-0.05, 0) is 5.56 Å². The van der Waals surface area contributed by atoms with E-state index in [1.807, 2.05) is 30.3 Å². The number of nitrogens with one attached hydrogen (secondary N) is 1. The minimum Gasteiger partial charge on any atom is -0.488 e. The van der Waals surface area contributed by atoms with Crippen LogP contribution in [0.25, 0.3) is 0 Å². The van der Waals surface area contributed by atoms with Crippen LogP contribution in [0.2, 0.25) is 0 Å². The quantitative estimate of drug-likeness (QED) is 0.533. The van der Waals surface area contributed by atoms with Gasteiger partial charge in [-0.2, -0.15) is 0 Å². The molecule has 62 valence electrons. The summed E-state index contributed by atoms with van der Waals surface area (Å²) in [6, 6.07) is 9.79. The Balaban J connectivity index is 2.43. The Hall–Kier alpha value is -1.57. The first-order chi connectivity index (χ1) is 5.83. The molecule has 0 atom stereocenters. The van der Waals surface area contributed by atoms with Crippen LogP contribution in [0.3, 0.4) is 0 Å². The lowest BCUT2D eigenvalue weighted by molar-refractivity contribution is 0.220. The molecule has 0 heterocycles. The number of rotatable bonds is 4. The van der Waals surface area contributed by atoms with Crippen molar-refractivity contribution in [3.63, 3.8) is 0 Å². The van der Waals surface area contributed by atoms with Crippen LogP contribution < -0.4 is 0 Å². The molecule has 0 aliphatic carbocycles. The van der Waals surface area contributed by atoms with Crippen LogP contribution in [-0.4, -0.2) is 6.21 Å². The number of hydrogen-bond donors (Lipinski definition) is 1. The molecule has 2 nitrogen and oxygen atoms in total. The van der Waals surface area contributed by atoms with Crippen LogP contribution >= 0.6 is 0 Å². The van der Waals surface area contributed by atoms with Gasteiger partial charge < -0.3 is 10.1 Å². The van der Waals surface area contributed by atoms with Crippen molar-refractivity contribution >= 4 is 6.21 Å². The van der Waals surface area contributed by atoms with Gasteiger partial charge in [-0.15, -0.1) is 0 Å². The average Bonchev–Trinajstić information content (AvgIpc) is 2.16. The Morgan fingerprint density at radius 2 is 2.08 bits per heavy atom. The van der Waals surface area contributed by atoms with E-state index in [0.717, 1.165) is 11.8 Å². The van der Waals surface area contributed by atoms with Crippen LogP contribution in [0.4, 0.5) is 0 Å². The highest BCUT2D eigenvalue weighted by molar-refractivity contribution is 5.71. The van der Waals surface area contributed by atoms with Crippen molar-refractivity contribution in [2.45, 2.75) is 6.61 Å². The summed E-state index contributed by atoms with van der Waals surface area (Å²) in [5.41, 5.74) is 1.08. The summed E-state index contributed by atoms with van der Waals surface area (Å²) in [4.78, 5) is 0. The normalized spacial score (nSPS) is 9.00. The van der Waals surface area contributed by atoms with Gasteiger partial charge in [-0.25, -0.2) is 0 Å². The van der Waals surface area contributed by atoms with Gasteiger partial charge in [0.2, 0.25) is 0 Å². The predicted octanol–water partition coefficient (Wildman–Crippen LogP) is 2.37. The second kappa shape index (κ2) is 4.34. The van der Waals surface area contributed by atoms with Crippen molar-refractivity contribution in [1.29, 1.82) is 5.41 Å². The Morgan fingerprint density at radius 3 is 2.67 bits per heavy atom. The SMILES string of the molecule is C=C(C=N)OCc1ccccc1. The maximum absolute atomic E-state index is 6.82. The van der Waals surface area contributed by atoms with E-state index in [4.69, 9.17) is 10.1 Å². The zero-order chi connectivity index (χ0) is 8.81. The maximum atomic E-state index is 6.82. The van der Waals surface area contributed by atoms with E-state index in [0.29, 0.717) is 12.4 Å². The van der Waals surface area contributed by atoms with Gasteiger partial charge in [-0.3, -0.25) is 0 Å². The lowest BCUT2D eigenvalue weighted by Gasteiger charge is -2.03. The van der Waals surface area contributed by atoms with Crippen LogP contribution in [0.15, 0.2) is 42.7 Å². The molecule has 2 heteroatoms. The summed E-state index contributed by atoms with van der Waals surface area (Å²) >= 11 is 0. The van der Waals surface area contributed by atoms with E-state index in [1.54, 1.807) is 0 Å². The molecular weight excluding hydrogens is 150 g/mol. The molecule has 0 saturated heterocycles. The molecule has 0 aromatic heterocycles. The number of hydrogen-bond acceptors (Lipinski definition) is 2. The van der Waals surface area contributed by atoms with Crippen LogP contribution in [0.5, 0.6) is 0 Å². The lowest BCUT2D eigenvalue weighted by atomic mass is 10.2. The summed E-state index contributed by atoms with van der Waals surface area (Å²) in [7, 11) is 0. The molecule has 1 rings (SSSR count). The van der Waals surface area contributed by atoms with E-state index < -0.39 is 0 Å². The fourth-order valence-electron chi connectivity index (χ4n) is 0.792. The predicted molar refractivity (Wildman–Crippen MR) is 49.2 cm³/mol. The highest BCUT2D eigenvalue weighted by Gasteiger charge is 1.91. The lowest BCUT2D eigenvalue weighted by Crippen LogP contribution is -1.92. The molecule has 0 radical (unpaired) electrons. The third kappa shape index (κ3) is 2.58. The Bertz CT molecular complexity index is 266. The van der Waals surface area contributed by atoms with Crippen molar-refractivity contribution in [1.82, 2.24) is 0 Å². The Labute approximate surface area is 72.0 Å². The fraction of sp³-hybridized carbons (Fsp3) is 0.100. The van der Waals surface area contributed by atoms with Crippen molar-refractivity contribution in [3.8, 4) is 0 Å². The highest BCUT2D eigenvalue weighted by Crippen LogP contribution is 2.02. The average molecular weight is 161 g/mol. The molecule has 0 aliphatic heterocycles. The molecule has 1 aromatic carbocycles. The van der Waals surface area contributed by atoms with Crippen LogP contribution in [0, 0.1) is 5.41 Å². The fourth-order valence-corrected chi connectivity index (χ4v) is 0.792. The van der Waals surface area contributed by atoms with Crippen LogP contribution in [0.1, 0.15) is 5.56 Å². The third-order valence-electron chi connectivity index (χ3n) is 1.43. The van der Waals surface area contributed by atoms with Gasteiger partial charge in [0.25, 0.3) is 0 Å². The first kappa shape index (κ1) is 8.53. The van der Waals surface area contributed by atoms with Crippen molar-refractivity contribution in [2.24, 2.45) is 0 Å². The van der Waals surface area contributed by atoms with Crippen molar-refractivity contribution in [2.75, 3.05) is 0 Å². The van der Waals surface area contributed by atoms with Gasteiger partial charge >= 0.3 is 0 Å². The van der Waals surface area contributed by atoms with E-state index in [2.05, 4.69) is 6.58 Å². The van der Waals surface area contributed by atoms with E-state index in [-0.39, 0.29) is 0 Å². The van der Waals surface area contributed by atoms with Gasteiger partial charge in [0.1, 0.15) is 12.4 Å². The summed E-state index contributed by atoms with van der Waals surface area (Å²) in [6.07, 6.45) is 1.10. The molecule has 0 bridgehead atoms. The van der Waals surface area contributed by atoms with E-state index in [9.17, 15) is 0 Å². The monoisotopic (exact) mass is 161 g/mol. The van der Waals surface area contributed by atoms with Gasteiger partial charge in [0.15, 0.2) is 0 Å². The van der Waals surface area contributed by atoms with E-state index in [1.165, 1.54) is 0 Å². The molecular formula is C10H11NO. The Morgan fingerprint density at radius 1 is 1.42 bits per heavy atom. The smallest absolute Gasteiger partial charge is 0.130 e. The first-order valence-corrected chi connectivity index (χ1v) is 3.69. The third-order valence-corrected chi connectivity index (χ3v) is 1.43. The summed E-state index contributed by atoms with van der Waals surface area (Å²) < 4.78 is 5.14. The van der Waals surface area contributed by atoms with Gasteiger partial charge in [0.05, 0.1) is 6.21 Å². The van der Waals surface area contributed by atoms with Crippen LogP contribution in [-0.2, 0) is 11.3 Å². The number of benzene rings is 1. The van der Waals surface area contributed by atoms with Crippen molar-refractivity contribution in [3.05, 3.63) is 48.2 Å². The largest absolute Gasteiger partial charge is 0.488 e. The number of allylic oxidation sites excluding steroid dienone is 1. The first-order valence-electron chi connectivity index (χ1n) is 3.69. The maximum Gasteiger partial charge on any atom is 0.130 e. The molecule has 0 unspecified atom stereocenters. The Kier molecular flexibility index (Phi) is 3.08. The molecule has 0 saturated carbocycles. The van der Waals surface area contributed by atoms with E-state index >= 15 is 0 Å². The molecule has 0 fully saturated rings. The zero-order valence-corrected chi connectivity index (χ0v) is 6.79. The summed E-state index contributed by atoms with van der Waals surface area (Å²) in [5.74, 6) is 0.388. The zero-order valence-electron chi connectivity index (χ0n) is 6.79. The summed E-state index contributed by atoms with van der Waals surface area (Å²) in [6.45, 7) is 4.00. The number of ether oxygens (including phenoxy) is 1. The second-order valence-electron chi connectivity index (χ2n) is 2.38. The minimum absolute atomic E-state index is 0.388. The van der Waals surface area contributed by atoms with Crippen molar-refractivity contribution < 1.29 is 4.74 Å². The highest BCUT2D eigenvalue weighted by atomic mass is 16.5. The van der Waals surface area contributed by atoms with Gasteiger partial charge in [-0.1, -0.05) is 36.9 Å². The minimum atomic E-state index is 0.388. The molecule has 1 aromatic rings. The molecule has 0 spiro atoms. The van der Waals surface area contributed by atoms with Gasteiger partial charge in [0, 0.05) is 0 Å². The summed E-state index contributed by atoms with van der Waals surface area (Å²) in [5, 5.41) is 6.82. The molecule has 12 heavy (non-hydrogen) atoms. The molecule has 0 aliphatic rings. The molecule has 1 N–H and O–H groups in total. The standard InChI is InChI=1S/C10H11NO/c1-9(7-11)12-8-10-5-3-2-4-6-10/h2-7,11H,1,8H2.